The number of carbonyl (C=O) groups is 1. The normalized spacial score (nSPS) is 17.1. The highest BCUT2D eigenvalue weighted by molar-refractivity contribution is 9.10. The Morgan fingerprint density at radius 3 is 2.81 bits per heavy atom. The first-order chi connectivity index (χ1) is 7.56. The third kappa shape index (κ3) is 2.44. The van der Waals surface area contributed by atoms with Gasteiger partial charge in [0, 0.05) is 24.1 Å². The maximum atomic E-state index is 10.7. The van der Waals surface area contributed by atoms with Crippen LogP contribution in [0.15, 0.2) is 22.7 Å². The maximum Gasteiger partial charge on any atom is 0.309 e. The minimum Gasteiger partial charge on any atom is -0.481 e. The van der Waals surface area contributed by atoms with Gasteiger partial charge in [-0.2, -0.15) is 0 Å². The van der Waals surface area contributed by atoms with Crippen molar-refractivity contribution in [3.05, 3.63) is 33.8 Å². The van der Waals surface area contributed by atoms with Gasteiger partial charge in [0.25, 0.3) is 0 Å². The number of hydrogen-bond acceptors (Lipinski definition) is 2. The molecule has 0 radical (unpaired) electrons. The molecule has 0 unspecified atom stereocenters. The minimum atomic E-state index is -0.677. The monoisotopic (exact) mass is 283 g/mol. The number of nitrogens with zero attached hydrogens (tertiary/aromatic N) is 1. The predicted molar refractivity (Wildman–Crippen MR) is 65.3 cm³/mol. The molecule has 1 aliphatic rings. The van der Waals surface area contributed by atoms with Crippen molar-refractivity contribution in [2.45, 2.75) is 13.5 Å². The van der Waals surface area contributed by atoms with Crippen LogP contribution in [0.4, 0.5) is 0 Å². The highest BCUT2D eigenvalue weighted by Crippen LogP contribution is 2.22. The molecule has 1 aromatic rings. The van der Waals surface area contributed by atoms with Crippen LogP contribution in [-0.4, -0.2) is 29.1 Å². The van der Waals surface area contributed by atoms with E-state index in [1.165, 1.54) is 11.1 Å². The van der Waals surface area contributed by atoms with Crippen molar-refractivity contribution in [3.63, 3.8) is 0 Å². The number of benzene rings is 1. The highest BCUT2D eigenvalue weighted by Gasteiger charge is 2.32. The molecular formula is C12H14BrNO2. The van der Waals surface area contributed by atoms with Crippen LogP contribution in [0, 0.1) is 12.8 Å². The summed E-state index contributed by atoms with van der Waals surface area (Å²) in [4.78, 5) is 12.8. The topological polar surface area (TPSA) is 40.5 Å². The van der Waals surface area contributed by atoms with Crippen molar-refractivity contribution < 1.29 is 9.90 Å². The van der Waals surface area contributed by atoms with Crippen molar-refractivity contribution in [3.8, 4) is 0 Å². The van der Waals surface area contributed by atoms with Crippen molar-refractivity contribution in [2.24, 2.45) is 5.92 Å². The molecular weight excluding hydrogens is 270 g/mol. The van der Waals surface area contributed by atoms with Crippen molar-refractivity contribution in [2.75, 3.05) is 13.1 Å². The molecule has 16 heavy (non-hydrogen) atoms. The Morgan fingerprint density at radius 2 is 2.25 bits per heavy atom. The zero-order valence-corrected chi connectivity index (χ0v) is 10.7. The molecule has 0 saturated carbocycles. The summed E-state index contributed by atoms with van der Waals surface area (Å²) in [5.74, 6) is -0.848. The first-order valence-electron chi connectivity index (χ1n) is 5.26. The summed E-state index contributed by atoms with van der Waals surface area (Å²) in [6.45, 7) is 4.27. The fourth-order valence-electron chi connectivity index (χ4n) is 1.93. The van der Waals surface area contributed by atoms with Crippen LogP contribution in [0.3, 0.4) is 0 Å². The Balaban J connectivity index is 1.94. The lowest BCUT2D eigenvalue weighted by Gasteiger charge is -2.36. The van der Waals surface area contributed by atoms with E-state index in [2.05, 4.69) is 39.9 Å². The van der Waals surface area contributed by atoms with Crippen LogP contribution in [0.2, 0.25) is 0 Å². The van der Waals surface area contributed by atoms with Crippen LogP contribution in [0.5, 0.6) is 0 Å². The number of hydrogen-bond donors (Lipinski definition) is 1. The first kappa shape index (κ1) is 11.6. The lowest BCUT2D eigenvalue weighted by Crippen LogP contribution is -2.49. The van der Waals surface area contributed by atoms with Crippen LogP contribution in [-0.2, 0) is 11.3 Å². The van der Waals surface area contributed by atoms with E-state index < -0.39 is 5.97 Å². The summed E-state index contributed by atoms with van der Waals surface area (Å²) in [6, 6.07) is 6.20. The quantitative estimate of drug-likeness (QED) is 0.925. The van der Waals surface area contributed by atoms with E-state index in [1.807, 2.05) is 6.07 Å². The molecule has 1 N–H and O–H groups in total. The number of rotatable bonds is 3. The summed E-state index contributed by atoms with van der Waals surface area (Å²) >= 11 is 3.43. The number of carboxylic acid groups (broad SMARTS) is 1. The van der Waals surface area contributed by atoms with E-state index in [9.17, 15) is 4.79 Å². The molecule has 1 fully saturated rings. The number of aliphatic carboxylic acids is 1. The van der Waals surface area contributed by atoms with Crippen LogP contribution in [0.1, 0.15) is 11.1 Å². The van der Waals surface area contributed by atoms with E-state index >= 15 is 0 Å². The number of aryl methyl sites for hydroxylation is 1. The van der Waals surface area contributed by atoms with Gasteiger partial charge in [-0.3, -0.25) is 9.69 Å². The molecule has 0 amide bonds. The average molecular weight is 284 g/mol. The molecule has 1 aliphatic heterocycles. The van der Waals surface area contributed by atoms with E-state index in [0.29, 0.717) is 13.1 Å². The van der Waals surface area contributed by atoms with Gasteiger partial charge >= 0.3 is 5.97 Å². The van der Waals surface area contributed by atoms with Gasteiger partial charge in [0.2, 0.25) is 0 Å². The van der Waals surface area contributed by atoms with Crippen molar-refractivity contribution >= 4 is 21.9 Å². The van der Waals surface area contributed by atoms with Gasteiger partial charge in [-0.1, -0.05) is 22.0 Å². The molecule has 0 aromatic heterocycles. The first-order valence-corrected chi connectivity index (χ1v) is 6.06. The summed E-state index contributed by atoms with van der Waals surface area (Å²) in [7, 11) is 0. The Bertz CT molecular complexity index is 413. The summed E-state index contributed by atoms with van der Waals surface area (Å²) < 4.78 is 1.08. The van der Waals surface area contributed by atoms with E-state index in [4.69, 9.17) is 5.11 Å². The largest absolute Gasteiger partial charge is 0.481 e. The lowest BCUT2D eigenvalue weighted by molar-refractivity contribution is -0.147. The molecule has 4 heteroatoms. The number of halogens is 1. The molecule has 0 bridgehead atoms. The molecule has 86 valence electrons. The fraction of sp³-hybridized carbons (Fsp3) is 0.417. The van der Waals surface area contributed by atoms with Crippen LogP contribution < -0.4 is 0 Å². The van der Waals surface area contributed by atoms with E-state index in [0.717, 1.165) is 11.0 Å². The Labute approximate surface area is 103 Å². The van der Waals surface area contributed by atoms with Gasteiger partial charge in [0.05, 0.1) is 5.92 Å². The lowest BCUT2D eigenvalue weighted by atomic mass is 9.98. The number of likely N-dealkylation sites (tertiary alicyclic amines) is 1. The minimum absolute atomic E-state index is 0.171. The zero-order chi connectivity index (χ0) is 11.7. The molecule has 1 aromatic carbocycles. The molecule has 0 aliphatic carbocycles. The molecule has 0 atom stereocenters. The molecule has 0 spiro atoms. The fourth-order valence-corrected chi connectivity index (χ4v) is 2.41. The Morgan fingerprint density at radius 1 is 1.56 bits per heavy atom. The van der Waals surface area contributed by atoms with Gasteiger partial charge in [-0.25, -0.2) is 0 Å². The Hall–Kier alpha value is -0.870. The number of carboxylic acids is 1. The average Bonchev–Trinajstić information content (AvgIpc) is 2.12. The van der Waals surface area contributed by atoms with Gasteiger partial charge in [-0.05, 0) is 30.2 Å². The maximum absolute atomic E-state index is 10.7. The molecule has 1 heterocycles. The van der Waals surface area contributed by atoms with Crippen LogP contribution >= 0.6 is 15.9 Å². The van der Waals surface area contributed by atoms with Gasteiger partial charge in [0.15, 0.2) is 0 Å². The van der Waals surface area contributed by atoms with Gasteiger partial charge in [-0.15, -0.1) is 0 Å². The van der Waals surface area contributed by atoms with Crippen molar-refractivity contribution in [1.29, 1.82) is 0 Å². The second kappa shape index (κ2) is 4.55. The smallest absolute Gasteiger partial charge is 0.309 e. The van der Waals surface area contributed by atoms with Gasteiger partial charge < -0.3 is 5.11 Å². The predicted octanol–water partition coefficient (Wildman–Crippen LogP) is 2.27. The third-order valence-electron chi connectivity index (χ3n) is 3.01. The van der Waals surface area contributed by atoms with Gasteiger partial charge in [0.1, 0.15) is 0 Å². The standard InChI is InChI=1S/C12H14BrNO2/c1-8-4-11(13)3-2-9(8)5-14-6-10(7-14)12(15)16/h2-4,10H,5-7H2,1H3,(H,15,16). The van der Waals surface area contributed by atoms with Crippen molar-refractivity contribution in [1.82, 2.24) is 4.90 Å². The second-order valence-corrected chi connectivity index (χ2v) is 5.22. The molecule has 3 nitrogen and oxygen atoms in total. The third-order valence-corrected chi connectivity index (χ3v) is 3.50. The van der Waals surface area contributed by atoms with Crippen LogP contribution in [0.25, 0.3) is 0 Å². The summed E-state index contributed by atoms with van der Waals surface area (Å²) in [5, 5.41) is 8.78. The highest BCUT2D eigenvalue weighted by atomic mass is 79.9. The summed E-state index contributed by atoms with van der Waals surface area (Å²) in [6.07, 6.45) is 0. The summed E-state index contributed by atoms with van der Waals surface area (Å²) in [5.41, 5.74) is 2.51. The molecule has 2 rings (SSSR count). The van der Waals surface area contributed by atoms with E-state index in [1.54, 1.807) is 0 Å². The molecule has 1 saturated heterocycles. The zero-order valence-electron chi connectivity index (χ0n) is 9.11. The van der Waals surface area contributed by atoms with E-state index in [-0.39, 0.29) is 5.92 Å². The second-order valence-electron chi connectivity index (χ2n) is 4.30. The SMILES string of the molecule is Cc1cc(Br)ccc1CN1CC(C(=O)O)C1. The Kier molecular flexibility index (Phi) is 3.30.